The number of carbonyl (C=O) groups excluding carboxylic acids is 1. The van der Waals surface area contributed by atoms with Crippen LogP contribution in [0.15, 0.2) is 59.5 Å². The molecule has 0 saturated heterocycles. The predicted octanol–water partition coefficient (Wildman–Crippen LogP) is 4.73. The Bertz CT molecular complexity index is 1290. The third kappa shape index (κ3) is 5.50. The van der Waals surface area contributed by atoms with Crippen LogP contribution in [0.25, 0.3) is 0 Å². The van der Waals surface area contributed by atoms with Crippen LogP contribution in [0, 0.1) is 6.92 Å². The quantitative estimate of drug-likeness (QED) is 0.473. The van der Waals surface area contributed by atoms with Crippen LogP contribution in [0.2, 0.25) is 5.02 Å². The van der Waals surface area contributed by atoms with Gasteiger partial charge in [0.2, 0.25) is 0 Å². The number of rotatable bonds is 8. The summed E-state index contributed by atoms with van der Waals surface area (Å²) >= 11 is 6.14. The van der Waals surface area contributed by atoms with Crippen molar-refractivity contribution in [3.8, 4) is 17.2 Å². The summed E-state index contributed by atoms with van der Waals surface area (Å²) in [5.74, 6) is 0.686. The first-order valence-corrected chi connectivity index (χ1v) is 11.5. The maximum Gasteiger partial charge on any atom is 0.262 e. The molecule has 1 amide bonds. The Morgan fingerprint density at radius 3 is 2.30 bits per heavy atom. The molecule has 8 nitrogen and oxygen atoms in total. The van der Waals surface area contributed by atoms with Crippen molar-refractivity contribution < 1.29 is 27.4 Å². The lowest BCUT2D eigenvalue weighted by atomic mass is 10.1. The van der Waals surface area contributed by atoms with Gasteiger partial charge in [0.05, 0.1) is 36.9 Å². The van der Waals surface area contributed by atoms with Crippen molar-refractivity contribution in [1.29, 1.82) is 0 Å². The topological polar surface area (TPSA) is 103 Å². The summed E-state index contributed by atoms with van der Waals surface area (Å²) in [6.07, 6.45) is 0. The lowest BCUT2D eigenvalue weighted by molar-refractivity contribution is 0.102. The minimum Gasteiger partial charge on any atom is -0.497 e. The fourth-order valence-electron chi connectivity index (χ4n) is 3.06. The summed E-state index contributed by atoms with van der Waals surface area (Å²) in [7, 11) is 0.293. The molecule has 174 valence electrons. The average Bonchev–Trinajstić information content (AvgIpc) is 2.79. The Morgan fingerprint density at radius 2 is 1.64 bits per heavy atom. The number of benzene rings is 3. The van der Waals surface area contributed by atoms with Crippen LogP contribution in [0.5, 0.6) is 17.2 Å². The van der Waals surface area contributed by atoms with E-state index in [1.807, 2.05) is 0 Å². The highest BCUT2D eigenvalue weighted by molar-refractivity contribution is 7.92. The standard InChI is InChI=1S/C23H23ClN2O6S/c1-14-8-9-17(11-18(14)23(27)25-15-6-5-7-16(10-15)30-2)33(28,29)26-20-12-19(24)21(31-3)13-22(20)32-4/h5-13,26H,1-4H3,(H,25,27). The summed E-state index contributed by atoms with van der Waals surface area (Å²) in [6.45, 7) is 1.72. The molecule has 0 bridgehead atoms. The third-order valence-corrected chi connectivity index (χ3v) is 6.47. The van der Waals surface area contributed by atoms with E-state index >= 15 is 0 Å². The Hall–Kier alpha value is -3.43. The number of halogens is 1. The minimum absolute atomic E-state index is 0.0992. The molecule has 0 aromatic heterocycles. The number of sulfonamides is 1. The van der Waals surface area contributed by atoms with E-state index in [2.05, 4.69) is 10.0 Å². The van der Waals surface area contributed by atoms with E-state index in [0.717, 1.165) is 0 Å². The summed E-state index contributed by atoms with van der Waals surface area (Å²) in [4.78, 5) is 12.8. The van der Waals surface area contributed by atoms with Gasteiger partial charge in [-0.15, -0.1) is 0 Å². The van der Waals surface area contributed by atoms with Crippen LogP contribution in [-0.2, 0) is 10.0 Å². The Morgan fingerprint density at radius 1 is 0.909 bits per heavy atom. The van der Waals surface area contributed by atoms with E-state index in [0.29, 0.717) is 22.7 Å². The molecule has 0 heterocycles. The fourth-order valence-corrected chi connectivity index (χ4v) is 4.38. The third-order valence-electron chi connectivity index (χ3n) is 4.81. The molecular weight excluding hydrogens is 468 g/mol. The summed E-state index contributed by atoms with van der Waals surface area (Å²) in [5.41, 5.74) is 1.47. The molecule has 3 aromatic rings. The normalized spacial score (nSPS) is 10.9. The number of amides is 1. The molecule has 0 aliphatic heterocycles. The second-order valence-electron chi connectivity index (χ2n) is 6.96. The molecule has 3 rings (SSSR count). The van der Waals surface area contributed by atoms with Gasteiger partial charge in [-0.3, -0.25) is 9.52 Å². The number of anilines is 2. The fraction of sp³-hybridized carbons (Fsp3) is 0.174. The van der Waals surface area contributed by atoms with Gasteiger partial charge in [0.25, 0.3) is 15.9 Å². The molecule has 3 aromatic carbocycles. The number of carbonyl (C=O) groups is 1. The molecule has 2 N–H and O–H groups in total. The molecule has 0 atom stereocenters. The van der Waals surface area contributed by atoms with Gasteiger partial charge in [0.15, 0.2) is 0 Å². The minimum atomic E-state index is -4.07. The number of hydrogen-bond acceptors (Lipinski definition) is 6. The first kappa shape index (κ1) is 24.2. The van der Waals surface area contributed by atoms with E-state index in [4.69, 9.17) is 25.8 Å². The Balaban J connectivity index is 1.92. The molecular formula is C23H23ClN2O6S. The number of hydrogen-bond donors (Lipinski definition) is 2. The highest BCUT2D eigenvalue weighted by Gasteiger charge is 2.21. The van der Waals surface area contributed by atoms with E-state index in [9.17, 15) is 13.2 Å². The summed E-state index contributed by atoms with van der Waals surface area (Å²) < 4.78 is 44.2. The van der Waals surface area contributed by atoms with Gasteiger partial charge in [0.1, 0.15) is 17.2 Å². The Kier molecular flexibility index (Phi) is 7.35. The smallest absolute Gasteiger partial charge is 0.262 e. The molecule has 10 heteroatoms. The van der Waals surface area contributed by atoms with Crippen LogP contribution in [0.4, 0.5) is 11.4 Å². The molecule has 0 saturated carbocycles. The van der Waals surface area contributed by atoms with Crippen molar-refractivity contribution in [3.63, 3.8) is 0 Å². The van der Waals surface area contributed by atoms with Gasteiger partial charge in [0, 0.05) is 23.4 Å². The Labute approximate surface area is 197 Å². The van der Waals surface area contributed by atoms with Crippen molar-refractivity contribution in [2.45, 2.75) is 11.8 Å². The number of ether oxygens (including phenoxy) is 3. The van der Waals surface area contributed by atoms with Crippen LogP contribution < -0.4 is 24.2 Å². The van der Waals surface area contributed by atoms with Gasteiger partial charge in [-0.1, -0.05) is 23.7 Å². The first-order valence-electron chi connectivity index (χ1n) is 9.69. The molecule has 0 aliphatic rings. The van der Waals surface area contributed by atoms with E-state index in [1.54, 1.807) is 37.3 Å². The van der Waals surface area contributed by atoms with Crippen molar-refractivity contribution in [2.24, 2.45) is 0 Å². The van der Waals surface area contributed by atoms with Gasteiger partial charge < -0.3 is 19.5 Å². The van der Waals surface area contributed by atoms with Gasteiger partial charge in [-0.05, 0) is 42.8 Å². The van der Waals surface area contributed by atoms with E-state index < -0.39 is 15.9 Å². The molecule has 0 unspecified atom stereocenters. The van der Waals surface area contributed by atoms with Crippen molar-refractivity contribution in [1.82, 2.24) is 0 Å². The number of aryl methyl sites for hydroxylation is 1. The summed E-state index contributed by atoms with van der Waals surface area (Å²) in [6, 6.07) is 14.0. The van der Waals surface area contributed by atoms with Crippen LogP contribution in [0.3, 0.4) is 0 Å². The summed E-state index contributed by atoms with van der Waals surface area (Å²) in [5, 5.41) is 2.96. The SMILES string of the molecule is COc1cccc(NC(=O)c2cc(S(=O)(=O)Nc3cc(Cl)c(OC)cc3OC)ccc2C)c1. The van der Waals surface area contributed by atoms with Crippen molar-refractivity contribution >= 4 is 38.9 Å². The van der Waals surface area contributed by atoms with Gasteiger partial charge >= 0.3 is 0 Å². The average molecular weight is 491 g/mol. The van der Waals surface area contributed by atoms with Crippen LogP contribution in [0.1, 0.15) is 15.9 Å². The zero-order valence-corrected chi connectivity index (χ0v) is 20.0. The number of methoxy groups -OCH3 is 3. The van der Waals surface area contributed by atoms with Crippen LogP contribution in [-0.4, -0.2) is 35.7 Å². The maximum absolute atomic E-state index is 13.1. The van der Waals surface area contributed by atoms with E-state index in [-0.39, 0.29) is 26.9 Å². The monoisotopic (exact) mass is 490 g/mol. The lowest BCUT2D eigenvalue weighted by Crippen LogP contribution is -2.17. The zero-order valence-electron chi connectivity index (χ0n) is 18.4. The van der Waals surface area contributed by atoms with Crippen LogP contribution >= 0.6 is 11.6 Å². The molecule has 33 heavy (non-hydrogen) atoms. The molecule has 0 spiro atoms. The van der Waals surface area contributed by atoms with Gasteiger partial charge in [-0.25, -0.2) is 8.42 Å². The largest absolute Gasteiger partial charge is 0.497 e. The number of nitrogens with one attached hydrogen (secondary N) is 2. The molecule has 0 fully saturated rings. The van der Waals surface area contributed by atoms with Crippen molar-refractivity contribution in [3.05, 3.63) is 70.7 Å². The van der Waals surface area contributed by atoms with Crippen molar-refractivity contribution in [2.75, 3.05) is 31.4 Å². The predicted molar refractivity (Wildman–Crippen MR) is 127 cm³/mol. The highest BCUT2D eigenvalue weighted by Crippen LogP contribution is 2.37. The maximum atomic E-state index is 13.1. The van der Waals surface area contributed by atoms with E-state index in [1.165, 1.54) is 45.6 Å². The zero-order chi connectivity index (χ0) is 24.2. The first-order chi connectivity index (χ1) is 15.7. The van der Waals surface area contributed by atoms with Gasteiger partial charge in [-0.2, -0.15) is 0 Å². The highest BCUT2D eigenvalue weighted by atomic mass is 35.5. The molecule has 0 radical (unpaired) electrons. The second kappa shape index (κ2) is 10.0. The second-order valence-corrected chi connectivity index (χ2v) is 9.04. The molecule has 0 aliphatic carbocycles. The lowest BCUT2D eigenvalue weighted by Gasteiger charge is -2.15.